The van der Waals surface area contributed by atoms with Crippen molar-refractivity contribution in [2.24, 2.45) is 0 Å². The van der Waals surface area contributed by atoms with Gasteiger partial charge in [0.15, 0.2) is 0 Å². The lowest BCUT2D eigenvalue weighted by Crippen LogP contribution is -2.30. The Bertz CT molecular complexity index is 1260. The molecule has 0 aliphatic carbocycles. The minimum Gasteiger partial charge on any atom is -0.378 e. The Kier molecular flexibility index (Phi) is 6.29. The second-order valence-corrected chi connectivity index (χ2v) is 7.77. The van der Waals surface area contributed by atoms with E-state index in [-0.39, 0.29) is 6.61 Å². The maximum atomic E-state index is 12.9. The molecular weight excluding hydrogens is 461 g/mol. The molecule has 0 unspecified atom stereocenters. The molecule has 0 fully saturated rings. The maximum absolute atomic E-state index is 12.9. The third-order valence-electron chi connectivity index (χ3n) is 4.57. The molecule has 0 radical (unpaired) electrons. The SMILES string of the molecule is COCc1c(C(=O)NNc2c(Cl)cccc2Cl)cnn1-c1ccnc2cc(Cl)ccc12. The molecule has 10 heteroatoms. The van der Waals surface area contributed by atoms with Gasteiger partial charge in [-0.2, -0.15) is 5.10 Å². The standard InChI is InChI=1S/C21H16Cl3N5O2/c1-31-11-19-14(21(30)28-27-20-15(23)3-2-4-16(20)24)10-26-29(19)18-7-8-25-17-9-12(22)5-6-13(17)18/h2-10,27H,11H2,1H3,(H,28,30). The first-order valence-corrected chi connectivity index (χ1v) is 10.2. The van der Waals surface area contributed by atoms with E-state index in [1.807, 2.05) is 12.1 Å². The zero-order chi connectivity index (χ0) is 22.0. The number of carbonyl (C=O) groups is 1. The Morgan fingerprint density at radius 3 is 2.65 bits per heavy atom. The molecule has 0 saturated heterocycles. The van der Waals surface area contributed by atoms with Crippen LogP contribution in [0.1, 0.15) is 16.1 Å². The quantitative estimate of drug-likeness (QED) is 0.370. The smallest absolute Gasteiger partial charge is 0.273 e. The number of hydrazine groups is 1. The highest BCUT2D eigenvalue weighted by Gasteiger charge is 2.20. The van der Waals surface area contributed by atoms with Gasteiger partial charge in [0, 0.05) is 23.7 Å². The lowest BCUT2D eigenvalue weighted by Gasteiger charge is -2.13. The number of benzene rings is 2. The Morgan fingerprint density at radius 1 is 1.13 bits per heavy atom. The molecule has 0 atom stereocenters. The molecule has 31 heavy (non-hydrogen) atoms. The van der Waals surface area contributed by atoms with Gasteiger partial charge in [0.25, 0.3) is 5.91 Å². The summed E-state index contributed by atoms with van der Waals surface area (Å²) in [4.78, 5) is 17.2. The number of methoxy groups -OCH3 is 1. The average molecular weight is 477 g/mol. The van der Waals surface area contributed by atoms with E-state index in [0.717, 1.165) is 11.1 Å². The summed E-state index contributed by atoms with van der Waals surface area (Å²) in [5.74, 6) is -0.421. The lowest BCUT2D eigenvalue weighted by molar-refractivity contribution is 0.0957. The number of amides is 1. The van der Waals surface area contributed by atoms with E-state index >= 15 is 0 Å². The molecule has 1 amide bonds. The summed E-state index contributed by atoms with van der Waals surface area (Å²) in [5.41, 5.74) is 8.13. The van der Waals surface area contributed by atoms with Crippen LogP contribution in [0.5, 0.6) is 0 Å². The highest BCUT2D eigenvalue weighted by Crippen LogP contribution is 2.29. The number of ether oxygens (including phenoxy) is 1. The maximum Gasteiger partial charge on any atom is 0.273 e. The molecule has 0 saturated carbocycles. The number of rotatable bonds is 6. The first kappa shape index (κ1) is 21.4. The Morgan fingerprint density at radius 2 is 1.90 bits per heavy atom. The van der Waals surface area contributed by atoms with Crippen molar-refractivity contribution in [1.82, 2.24) is 20.2 Å². The Hall–Kier alpha value is -2.84. The topological polar surface area (TPSA) is 81.1 Å². The summed E-state index contributed by atoms with van der Waals surface area (Å²) in [6.07, 6.45) is 3.13. The molecule has 2 aromatic carbocycles. The van der Waals surface area contributed by atoms with E-state index in [1.54, 1.807) is 48.3 Å². The molecule has 4 aromatic rings. The number of hydrogen-bond acceptors (Lipinski definition) is 5. The van der Waals surface area contributed by atoms with Gasteiger partial charge in [0.05, 0.1) is 51.0 Å². The van der Waals surface area contributed by atoms with Crippen LogP contribution in [0, 0.1) is 0 Å². The number of carbonyl (C=O) groups excluding carboxylic acids is 1. The van der Waals surface area contributed by atoms with Gasteiger partial charge in [0.2, 0.25) is 0 Å². The average Bonchev–Trinajstić information content (AvgIpc) is 3.16. The van der Waals surface area contributed by atoms with Crippen LogP contribution in [0.3, 0.4) is 0 Å². The first-order chi connectivity index (χ1) is 15.0. The van der Waals surface area contributed by atoms with Crippen molar-refractivity contribution in [3.8, 4) is 5.69 Å². The van der Waals surface area contributed by atoms with Crippen LogP contribution in [-0.2, 0) is 11.3 Å². The predicted molar refractivity (Wildman–Crippen MR) is 122 cm³/mol. The van der Waals surface area contributed by atoms with Crippen molar-refractivity contribution < 1.29 is 9.53 Å². The van der Waals surface area contributed by atoms with Crippen molar-refractivity contribution in [3.05, 3.63) is 81.2 Å². The molecule has 0 aliphatic heterocycles. The van der Waals surface area contributed by atoms with Crippen molar-refractivity contribution in [2.75, 3.05) is 12.5 Å². The number of aromatic nitrogens is 3. The normalized spacial score (nSPS) is 11.0. The molecule has 2 aromatic heterocycles. The fourth-order valence-electron chi connectivity index (χ4n) is 3.14. The number of nitrogens with one attached hydrogen (secondary N) is 2. The van der Waals surface area contributed by atoms with E-state index in [4.69, 9.17) is 39.5 Å². The fraction of sp³-hybridized carbons (Fsp3) is 0.0952. The summed E-state index contributed by atoms with van der Waals surface area (Å²) < 4.78 is 6.98. The van der Waals surface area contributed by atoms with Gasteiger partial charge in [-0.15, -0.1) is 0 Å². The minimum absolute atomic E-state index is 0.160. The molecule has 2 N–H and O–H groups in total. The Balaban J connectivity index is 1.69. The molecule has 2 heterocycles. The van der Waals surface area contributed by atoms with Gasteiger partial charge in [-0.1, -0.05) is 40.9 Å². The van der Waals surface area contributed by atoms with Crippen LogP contribution >= 0.6 is 34.8 Å². The van der Waals surface area contributed by atoms with Gasteiger partial charge in [-0.25, -0.2) is 4.68 Å². The lowest BCUT2D eigenvalue weighted by atomic mass is 10.1. The number of hydrogen-bond donors (Lipinski definition) is 2. The van der Waals surface area contributed by atoms with Gasteiger partial charge in [-0.05, 0) is 36.4 Å². The van der Waals surface area contributed by atoms with E-state index in [2.05, 4.69) is 20.9 Å². The molecule has 0 bridgehead atoms. The first-order valence-electron chi connectivity index (χ1n) is 9.10. The number of para-hydroxylation sites is 1. The third-order valence-corrected chi connectivity index (χ3v) is 5.43. The van der Waals surface area contributed by atoms with E-state index in [0.29, 0.717) is 37.5 Å². The largest absolute Gasteiger partial charge is 0.378 e. The van der Waals surface area contributed by atoms with Gasteiger partial charge < -0.3 is 4.74 Å². The van der Waals surface area contributed by atoms with Crippen molar-refractivity contribution in [1.29, 1.82) is 0 Å². The number of nitrogens with zero attached hydrogens (tertiary/aromatic N) is 3. The summed E-state index contributed by atoms with van der Waals surface area (Å²) in [7, 11) is 1.55. The summed E-state index contributed by atoms with van der Waals surface area (Å²) in [6.45, 7) is 0.160. The summed E-state index contributed by atoms with van der Waals surface area (Å²) in [5, 5.41) is 6.59. The van der Waals surface area contributed by atoms with Crippen molar-refractivity contribution in [2.45, 2.75) is 6.61 Å². The van der Waals surface area contributed by atoms with Crippen LogP contribution in [0.2, 0.25) is 15.1 Å². The third kappa shape index (κ3) is 4.31. The second-order valence-electron chi connectivity index (χ2n) is 6.52. The van der Waals surface area contributed by atoms with E-state index in [1.165, 1.54) is 6.20 Å². The van der Waals surface area contributed by atoms with Crippen molar-refractivity contribution >= 4 is 57.3 Å². The molecule has 7 nitrogen and oxygen atoms in total. The molecule has 4 rings (SSSR count). The summed E-state index contributed by atoms with van der Waals surface area (Å²) in [6, 6.07) is 12.3. The van der Waals surface area contributed by atoms with Crippen LogP contribution in [0.4, 0.5) is 5.69 Å². The minimum atomic E-state index is -0.421. The van der Waals surface area contributed by atoms with Crippen molar-refractivity contribution in [3.63, 3.8) is 0 Å². The van der Waals surface area contributed by atoms with Gasteiger partial charge >= 0.3 is 0 Å². The highest BCUT2D eigenvalue weighted by molar-refractivity contribution is 6.39. The molecule has 0 spiro atoms. The predicted octanol–water partition coefficient (Wildman–Crippen LogP) is 5.28. The van der Waals surface area contributed by atoms with Gasteiger partial charge in [0.1, 0.15) is 0 Å². The number of halogens is 3. The van der Waals surface area contributed by atoms with Gasteiger partial charge in [-0.3, -0.25) is 20.6 Å². The zero-order valence-corrected chi connectivity index (χ0v) is 18.5. The number of anilines is 1. The number of pyridine rings is 1. The van der Waals surface area contributed by atoms with Crippen LogP contribution in [0.25, 0.3) is 16.6 Å². The van der Waals surface area contributed by atoms with E-state index in [9.17, 15) is 4.79 Å². The van der Waals surface area contributed by atoms with E-state index < -0.39 is 5.91 Å². The van der Waals surface area contributed by atoms with Crippen LogP contribution in [0.15, 0.2) is 54.9 Å². The number of fused-ring (bicyclic) bond motifs is 1. The molecular formula is C21H16Cl3N5O2. The molecule has 158 valence electrons. The summed E-state index contributed by atoms with van der Waals surface area (Å²) >= 11 is 18.4. The zero-order valence-electron chi connectivity index (χ0n) is 16.2. The van der Waals surface area contributed by atoms with Crippen LogP contribution < -0.4 is 10.9 Å². The second kappa shape index (κ2) is 9.11. The van der Waals surface area contributed by atoms with Crippen LogP contribution in [-0.4, -0.2) is 27.8 Å². The molecule has 0 aliphatic rings. The highest BCUT2D eigenvalue weighted by atomic mass is 35.5. The Labute approximate surface area is 192 Å². The monoisotopic (exact) mass is 475 g/mol. The fourth-order valence-corrected chi connectivity index (χ4v) is 3.80.